The van der Waals surface area contributed by atoms with E-state index in [1.54, 1.807) is 0 Å². The zero-order chi connectivity index (χ0) is 22.6. The van der Waals surface area contributed by atoms with E-state index in [-0.39, 0.29) is 35.7 Å². The fraction of sp³-hybridized carbons (Fsp3) is 0.526. The Balaban J connectivity index is 1.57. The summed E-state index contributed by atoms with van der Waals surface area (Å²) in [4.78, 5) is 14.4. The van der Waals surface area contributed by atoms with Crippen LogP contribution in [0.25, 0.3) is 10.9 Å². The van der Waals surface area contributed by atoms with Crippen LogP contribution in [-0.4, -0.2) is 59.9 Å². The summed E-state index contributed by atoms with van der Waals surface area (Å²) in [5.41, 5.74) is 0.0461. The first kappa shape index (κ1) is 15.8. The third-order valence-electron chi connectivity index (χ3n) is 5.29. The van der Waals surface area contributed by atoms with Crippen LogP contribution in [-0.2, 0) is 11.3 Å². The van der Waals surface area contributed by atoms with Gasteiger partial charge >= 0.3 is 6.18 Å². The molecule has 0 unspecified atom stereocenters. The molecule has 28 heavy (non-hydrogen) atoms. The summed E-state index contributed by atoms with van der Waals surface area (Å²) in [6, 6.07) is 2.10. The fourth-order valence-electron chi connectivity index (χ4n) is 4.07. The number of aromatic nitrogens is 1. The van der Waals surface area contributed by atoms with Gasteiger partial charge < -0.3 is 14.6 Å². The lowest BCUT2D eigenvalue weighted by Crippen LogP contribution is -2.59. The standard InChI is InChI=1S/C19H21F4N3O2/c1-25-13-5-12(6-14(25)9-28-8-13)24-18(27)16-7-26(10-19(21,22)23)17-3-2-11(20)4-15(16)17/h2-4,7,12-14H,5-6,8-10H2,1H3,(H,24,27)/t12-,13-,14+/i1D3. The van der Waals surface area contributed by atoms with E-state index in [0.717, 1.165) is 22.9 Å². The molecule has 0 aliphatic carbocycles. The van der Waals surface area contributed by atoms with E-state index >= 15 is 0 Å². The van der Waals surface area contributed by atoms with Crippen molar-refractivity contribution in [2.45, 2.75) is 43.7 Å². The highest BCUT2D eigenvalue weighted by molar-refractivity contribution is 6.07. The Labute approximate surface area is 163 Å². The number of carbonyl (C=O) groups is 1. The van der Waals surface area contributed by atoms with Gasteiger partial charge in [-0.05, 0) is 38.0 Å². The van der Waals surface area contributed by atoms with Crippen molar-refractivity contribution in [3.8, 4) is 0 Å². The van der Waals surface area contributed by atoms with Gasteiger partial charge in [0.25, 0.3) is 5.91 Å². The predicted octanol–water partition coefficient (Wildman–Crippen LogP) is 2.93. The number of amides is 1. The van der Waals surface area contributed by atoms with E-state index in [4.69, 9.17) is 8.85 Å². The zero-order valence-corrected chi connectivity index (χ0v) is 14.8. The zero-order valence-electron chi connectivity index (χ0n) is 17.8. The number of hydrogen-bond donors (Lipinski definition) is 1. The van der Waals surface area contributed by atoms with Crippen LogP contribution >= 0.6 is 0 Å². The average molecular weight is 402 g/mol. The van der Waals surface area contributed by atoms with Gasteiger partial charge in [0.2, 0.25) is 0 Å². The number of nitrogens with zero attached hydrogens (tertiary/aromatic N) is 2. The van der Waals surface area contributed by atoms with Crippen molar-refractivity contribution < 1.29 is 31.2 Å². The van der Waals surface area contributed by atoms with E-state index < -0.39 is 43.5 Å². The molecule has 4 rings (SSSR count). The molecule has 9 heteroatoms. The summed E-state index contributed by atoms with van der Waals surface area (Å²) in [6.07, 6.45) is -2.77. The molecule has 0 radical (unpaired) electrons. The minimum Gasteiger partial charge on any atom is -0.378 e. The lowest BCUT2D eigenvalue weighted by molar-refractivity contribution is -0.139. The maximum absolute atomic E-state index is 13.8. The van der Waals surface area contributed by atoms with Gasteiger partial charge in [-0.2, -0.15) is 13.2 Å². The smallest absolute Gasteiger partial charge is 0.378 e. The number of morpholine rings is 1. The molecule has 1 aromatic carbocycles. The Kier molecular flexibility index (Phi) is 3.96. The number of likely N-dealkylation sites (N-methyl/N-ethyl adjacent to an activating group) is 1. The van der Waals surface area contributed by atoms with Crippen LogP contribution in [0.1, 0.15) is 27.3 Å². The van der Waals surface area contributed by atoms with Crippen LogP contribution < -0.4 is 5.32 Å². The van der Waals surface area contributed by atoms with Crippen molar-refractivity contribution in [3.63, 3.8) is 0 Å². The lowest BCUT2D eigenvalue weighted by Gasteiger charge is -2.46. The monoisotopic (exact) mass is 402 g/mol. The maximum atomic E-state index is 13.8. The van der Waals surface area contributed by atoms with Crippen molar-refractivity contribution >= 4 is 16.8 Å². The van der Waals surface area contributed by atoms with Gasteiger partial charge in [-0.25, -0.2) is 4.39 Å². The summed E-state index contributed by atoms with van der Waals surface area (Å²) < 4.78 is 82.1. The number of halogens is 4. The highest BCUT2D eigenvalue weighted by Crippen LogP contribution is 2.29. The van der Waals surface area contributed by atoms with Crippen molar-refractivity contribution in [1.29, 1.82) is 0 Å². The Morgan fingerprint density at radius 3 is 2.68 bits per heavy atom. The van der Waals surface area contributed by atoms with Crippen LogP contribution in [0.5, 0.6) is 0 Å². The highest BCUT2D eigenvalue weighted by atomic mass is 19.4. The minimum absolute atomic E-state index is 0.0570. The molecule has 2 aliphatic rings. The normalized spacial score (nSPS) is 27.9. The summed E-state index contributed by atoms with van der Waals surface area (Å²) in [6.45, 7) is -3.15. The second-order valence-electron chi connectivity index (χ2n) is 7.34. The molecule has 1 N–H and O–H groups in total. The molecular weight excluding hydrogens is 378 g/mol. The number of rotatable bonds is 3. The van der Waals surface area contributed by atoms with Gasteiger partial charge in [0.05, 0.1) is 18.8 Å². The minimum atomic E-state index is -4.51. The first-order valence-corrected chi connectivity index (χ1v) is 8.94. The molecule has 3 atom stereocenters. The quantitative estimate of drug-likeness (QED) is 0.804. The Morgan fingerprint density at radius 1 is 1.32 bits per heavy atom. The second-order valence-corrected chi connectivity index (χ2v) is 7.34. The van der Waals surface area contributed by atoms with Crippen LogP contribution in [0.15, 0.2) is 24.4 Å². The SMILES string of the molecule is [2H]C([2H])([2H])N1[C@@H]2COC[C@H]1C[C@@H](NC(=O)c1cn(CC(F)(F)F)c3ccc(F)cc13)C2. The van der Waals surface area contributed by atoms with Crippen LogP contribution in [0, 0.1) is 5.82 Å². The van der Waals surface area contributed by atoms with E-state index in [0.29, 0.717) is 12.8 Å². The number of hydrogen-bond acceptors (Lipinski definition) is 3. The van der Waals surface area contributed by atoms with Crippen molar-refractivity contribution in [3.05, 3.63) is 35.8 Å². The number of benzene rings is 1. The van der Waals surface area contributed by atoms with E-state index in [9.17, 15) is 22.4 Å². The molecule has 2 fully saturated rings. The number of piperidine rings is 1. The summed E-state index contributed by atoms with van der Waals surface area (Å²) in [5, 5.41) is 2.89. The molecule has 1 aromatic heterocycles. The van der Waals surface area contributed by atoms with Gasteiger partial charge in [-0.1, -0.05) is 0 Å². The third kappa shape index (κ3) is 3.73. The molecule has 1 amide bonds. The van der Waals surface area contributed by atoms with Crippen molar-refractivity contribution in [2.24, 2.45) is 0 Å². The number of ether oxygens (including phenoxy) is 1. The topological polar surface area (TPSA) is 46.5 Å². The molecule has 3 heterocycles. The molecule has 2 aliphatic heterocycles. The lowest BCUT2D eigenvalue weighted by atomic mass is 9.90. The number of nitrogens with one attached hydrogen (secondary N) is 1. The van der Waals surface area contributed by atoms with Gasteiger partial charge in [0, 0.05) is 39.3 Å². The first-order chi connectivity index (χ1) is 14.4. The van der Waals surface area contributed by atoms with Crippen LogP contribution in [0.4, 0.5) is 17.6 Å². The Morgan fingerprint density at radius 2 is 2.04 bits per heavy atom. The summed E-state index contributed by atoms with van der Waals surface area (Å²) >= 11 is 0. The molecule has 152 valence electrons. The van der Waals surface area contributed by atoms with Gasteiger partial charge in [0.1, 0.15) is 12.4 Å². The molecule has 2 aromatic rings. The Bertz CT molecular complexity index is 978. The van der Waals surface area contributed by atoms with E-state index in [2.05, 4.69) is 5.32 Å². The van der Waals surface area contributed by atoms with Crippen molar-refractivity contribution in [2.75, 3.05) is 20.2 Å². The summed E-state index contributed by atoms with van der Waals surface area (Å²) in [5.74, 6) is -1.29. The largest absolute Gasteiger partial charge is 0.406 e. The first-order valence-electron chi connectivity index (χ1n) is 10.4. The molecule has 2 bridgehead atoms. The molecule has 0 saturated carbocycles. The van der Waals surface area contributed by atoms with Crippen LogP contribution in [0.2, 0.25) is 0 Å². The average Bonchev–Trinajstić information content (AvgIpc) is 2.96. The molecule has 5 nitrogen and oxygen atoms in total. The van der Waals surface area contributed by atoms with Crippen LogP contribution in [0.3, 0.4) is 0 Å². The van der Waals surface area contributed by atoms with Gasteiger partial charge in [-0.3, -0.25) is 9.69 Å². The predicted molar refractivity (Wildman–Crippen MR) is 94.6 cm³/mol. The second kappa shape index (κ2) is 7.04. The number of fused-ring (bicyclic) bond motifs is 3. The van der Waals surface area contributed by atoms with Gasteiger partial charge in [-0.15, -0.1) is 0 Å². The third-order valence-corrected chi connectivity index (χ3v) is 5.29. The fourth-order valence-corrected chi connectivity index (χ4v) is 4.07. The number of carbonyl (C=O) groups excluding carboxylic acids is 1. The summed E-state index contributed by atoms with van der Waals surface area (Å²) in [7, 11) is 0. The van der Waals surface area contributed by atoms with Gasteiger partial charge in [0.15, 0.2) is 0 Å². The highest BCUT2D eigenvalue weighted by Gasteiger charge is 2.37. The van der Waals surface area contributed by atoms with E-state index in [1.165, 1.54) is 11.0 Å². The number of alkyl halides is 3. The molecule has 2 saturated heterocycles. The Hall–Kier alpha value is -2.13. The van der Waals surface area contributed by atoms with E-state index in [1.807, 2.05) is 0 Å². The maximum Gasteiger partial charge on any atom is 0.406 e. The molecular formula is C19H21F4N3O2. The molecule has 0 spiro atoms. The van der Waals surface area contributed by atoms with Crippen molar-refractivity contribution in [1.82, 2.24) is 14.8 Å².